The molecule has 0 saturated carbocycles. The third kappa shape index (κ3) is 5.36. The van der Waals surface area contributed by atoms with Crippen molar-refractivity contribution < 1.29 is 22.3 Å². The fourth-order valence-corrected chi connectivity index (χ4v) is 1.97. The van der Waals surface area contributed by atoms with Gasteiger partial charge in [0.2, 0.25) is 0 Å². The van der Waals surface area contributed by atoms with Crippen LogP contribution in [0.5, 0.6) is 5.75 Å². The zero-order valence-corrected chi connectivity index (χ0v) is 11.6. The Morgan fingerprint density at radius 1 is 1.30 bits per heavy atom. The van der Waals surface area contributed by atoms with Gasteiger partial charge in [0.1, 0.15) is 11.6 Å². The highest BCUT2D eigenvalue weighted by molar-refractivity contribution is 5.36. The molecule has 0 fully saturated rings. The summed E-state index contributed by atoms with van der Waals surface area (Å²) in [6.45, 7) is 2.47. The first-order chi connectivity index (χ1) is 9.37. The van der Waals surface area contributed by atoms with Gasteiger partial charge in [-0.3, -0.25) is 0 Å². The average molecular weight is 293 g/mol. The molecule has 0 aliphatic heterocycles. The van der Waals surface area contributed by atoms with Crippen LogP contribution in [0.25, 0.3) is 0 Å². The predicted octanol–water partition coefficient (Wildman–Crippen LogP) is 4.22. The third-order valence-electron chi connectivity index (χ3n) is 2.92. The van der Waals surface area contributed by atoms with Crippen LogP contribution in [0.15, 0.2) is 18.2 Å². The molecular formula is C14H19F4NO. The van der Waals surface area contributed by atoms with Gasteiger partial charge in [-0.1, -0.05) is 6.92 Å². The van der Waals surface area contributed by atoms with Crippen LogP contribution in [-0.2, 0) is 0 Å². The van der Waals surface area contributed by atoms with E-state index < -0.39 is 24.5 Å². The summed E-state index contributed by atoms with van der Waals surface area (Å²) < 4.78 is 55.6. The number of halogens is 4. The minimum absolute atomic E-state index is 0.149. The van der Waals surface area contributed by atoms with E-state index in [-0.39, 0.29) is 6.42 Å². The third-order valence-corrected chi connectivity index (χ3v) is 2.92. The zero-order valence-electron chi connectivity index (χ0n) is 11.6. The second-order valence-corrected chi connectivity index (χ2v) is 4.55. The van der Waals surface area contributed by atoms with Gasteiger partial charge in [-0.2, -0.15) is 13.2 Å². The lowest BCUT2D eigenvalue weighted by Crippen LogP contribution is -2.24. The lowest BCUT2D eigenvalue weighted by atomic mass is 10.00. The second kappa shape index (κ2) is 7.47. The number of benzene rings is 1. The Hall–Kier alpha value is -1.30. The van der Waals surface area contributed by atoms with Crippen molar-refractivity contribution in [1.29, 1.82) is 0 Å². The number of alkyl halides is 3. The van der Waals surface area contributed by atoms with Crippen LogP contribution < -0.4 is 10.1 Å². The Labute approximate surface area is 116 Å². The molecule has 6 heteroatoms. The largest absolute Gasteiger partial charge is 0.496 e. The van der Waals surface area contributed by atoms with Crippen molar-refractivity contribution in [2.45, 2.75) is 38.4 Å². The van der Waals surface area contributed by atoms with E-state index in [1.165, 1.54) is 25.3 Å². The first kappa shape index (κ1) is 16.8. The molecule has 0 aromatic heterocycles. The maximum atomic E-state index is 13.3. The van der Waals surface area contributed by atoms with Gasteiger partial charge in [0.15, 0.2) is 0 Å². The second-order valence-electron chi connectivity index (χ2n) is 4.55. The van der Waals surface area contributed by atoms with Crippen molar-refractivity contribution in [3.63, 3.8) is 0 Å². The van der Waals surface area contributed by atoms with Crippen molar-refractivity contribution >= 4 is 0 Å². The summed E-state index contributed by atoms with van der Waals surface area (Å²) in [5.74, 6) is -0.0988. The molecule has 1 unspecified atom stereocenters. The van der Waals surface area contributed by atoms with Crippen molar-refractivity contribution in [2.75, 3.05) is 13.7 Å². The SMILES string of the molecule is CCCNC(CCC(F)(F)F)c1cc(F)ccc1OC. The summed E-state index contributed by atoms with van der Waals surface area (Å²) in [7, 11) is 1.41. The molecule has 2 nitrogen and oxygen atoms in total. The predicted molar refractivity (Wildman–Crippen MR) is 69.3 cm³/mol. The van der Waals surface area contributed by atoms with Gasteiger partial charge in [-0.15, -0.1) is 0 Å². The van der Waals surface area contributed by atoms with E-state index in [0.717, 1.165) is 6.42 Å². The molecule has 0 aliphatic rings. The lowest BCUT2D eigenvalue weighted by Gasteiger charge is -2.22. The summed E-state index contributed by atoms with van der Waals surface area (Å²) in [4.78, 5) is 0. The minimum Gasteiger partial charge on any atom is -0.496 e. The van der Waals surface area contributed by atoms with Crippen LogP contribution in [0, 0.1) is 5.82 Å². The molecule has 0 radical (unpaired) electrons. The first-order valence-corrected chi connectivity index (χ1v) is 6.51. The van der Waals surface area contributed by atoms with E-state index in [1.54, 1.807) is 0 Å². The molecule has 1 aromatic carbocycles. The minimum atomic E-state index is -4.23. The highest BCUT2D eigenvalue weighted by Crippen LogP contribution is 2.32. The number of hydrogen-bond donors (Lipinski definition) is 1. The van der Waals surface area contributed by atoms with Crippen molar-refractivity contribution in [1.82, 2.24) is 5.32 Å². The van der Waals surface area contributed by atoms with E-state index in [0.29, 0.717) is 17.9 Å². The summed E-state index contributed by atoms with van der Waals surface area (Å²) in [6, 6.07) is 3.30. The van der Waals surface area contributed by atoms with Crippen LogP contribution in [0.2, 0.25) is 0 Å². The van der Waals surface area contributed by atoms with E-state index in [4.69, 9.17) is 4.74 Å². The molecule has 1 atom stereocenters. The maximum Gasteiger partial charge on any atom is 0.389 e. The Morgan fingerprint density at radius 3 is 2.55 bits per heavy atom. The van der Waals surface area contributed by atoms with Crippen LogP contribution in [0.4, 0.5) is 17.6 Å². The van der Waals surface area contributed by atoms with Crippen molar-refractivity contribution in [2.24, 2.45) is 0 Å². The molecule has 0 bridgehead atoms. The van der Waals surface area contributed by atoms with Gasteiger partial charge in [-0.05, 0) is 37.6 Å². The first-order valence-electron chi connectivity index (χ1n) is 6.51. The monoisotopic (exact) mass is 293 g/mol. The molecule has 20 heavy (non-hydrogen) atoms. The number of nitrogens with one attached hydrogen (secondary N) is 1. The van der Waals surface area contributed by atoms with Gasteiger partial charge in [0.05, 0.1) is 7.11 Å². The van der Waals surface area contributed by atoms with Gasteiger partial charge in [0.25, 0.3) is 0 Å². The van der Waals surface area contributed by atoms with E-state index in [1.807, 2.05) is 6.92 Å². The lowest BCUT2D eigenvalue weighted by molar-refractivity contribution is -0.136. The van der Waals surface area contributed by atoms with Gasteiger partial charge < -0.3 is 10.1 Å². The molecule has 0 amide bonds. The quantitative estimate of drug-likeness (QED) is 0.760. The average Bonchev–Trinajstić information content (AvgIpc) is 2.37. The Morgan fingerprint density at radius 2 is 2.00 bits per heavy atom. The van der Waals surface area contributed by atoms with E-state index in [9.17, 15) is 17.6 Å². The molecule has 0 saturated heterocycles. The van der Waals surface area contributed by atoms with Crippen LogP contribution >= 0.6 is 0 Å². The molecule has 1 aromatic rings. The Bertz CT molecular complexity index is 420. The fraction of sp³-hybridized carbons (Fsp3) is 0.571. The topological polar surface area (TPSA) is 21.3 Å². The molecule has 114 valence electrons. The Kier molecular flexibility index (Phi) is 6.26. The summed E-state index contributed by atoms with van der Waals surface area (Å²) >= 11 is 0. The van der Waals surface area contributed by atoms with Crippen LogP contribution in [-0.4, -0.2) is 19.8 Å². The molecule has 1 rings (SSSR count). The fourth-order valence-electron chi connectivity index (χ4n) is 1.97. The van der Waals surface area contributed by atoms with Crippen molar-refractivity contribution in [3.8, 4) is 5.75 Å². The standard InChI is InChI=1S/C14H19F4NO/c1-3-8-19-12(6-7-14(16,17)18)11-9-10(15)4-5-13(11)20-2/h4-5,9,12,19H,3,6-8H2,1-2H3. The highest BCUT2D eigenvalue weighted by atomic mass is 19.4. The van der Waals surface area contributed by atoms with Gasteiger partial charge >= 0.3 is 6.18 Å². The molecule has 1 N–H and O–H groups in total. The van der Waals surface area contributed by atoms with Crippen molar-refractivity contribution in [3.05, 3.63) is 29.6 Å². The number of hydrogen-bond acceptors (Lipinski definition) is 2. The van der Waals surface area contributed by atoms with Crippen LogP contribution in [0.3, 0.4) is 0 Å². The normalized spacial score (nSPS) is 13.3. The molecule has 0 aliphatic carbocycles. The molecule has 0 heterocycles. The Balaban J connectivity index is 2.94. The number of rotatable bonds is 7. The zero-order chi connectivity index (χ0) is 15.2. The van der Waals surface area contributed by atoms with Gasteiger partial charge in [-0.25, -0.2) is 4.39 Å². The van der Waals surface area contributed by atoms with Gasteiger partial charge in [0, 0.05) is 18.0 Å². The molecular weight excluding hydrogens is 274 g/mol. The highest BCUT2D eigenvalue weighted by Gasteiger charge is 2.29. The number of ether oxygens (including phenoxy) is 1. The van der Waals surface area contributed by atoms with E-state index >= 15 is 0 Å². The summed E-state index contributed by atoms with van der Waals surface area (Å²) in [6.07, 6.45) is -4.52. The molecule has 0 spiro atoms. The van der Waals surface area contributed by atoms with Crippen LogP contribution in [0.1, 0.15) is 37.8 Å². The summed E-state index contributed by atoms with van der Waals surface area (Å²) in [5.41, 5.74) is 0.421. The summed E-state index contributed by atoms with van der Waals surface area (Å²) in [5, 5.41) is 3.01. The van der Waals surface area contributed by atoms with E-state index in [2.05, 4.69) is 5.32 Å². The number of methoxy groups -OCH3 is 1. The maximum absolute atomic E-state index is 13.3. The smallest absolute Gasteiger partial charge is 0.389 e.